The molecule has 7 heteroatoms. The van der Waals surface area contributed by atoms with Gasteiger partial charge in [0.1, 0.15) is 6.54 Å². The Bertz CT molecular complexity index is 994. The minimum Gasteiger partial charge on any atom is -0.451 e. The molecule has 4 rings (SSSR count). The van der Waals surface area contributed by atoms with Gasteiger partial charge in [-0.3, -0.25) is 24.1 Å². The zero-order valence-electron chi connectivity index (χ0n) is 16.8. The third-order valence-electron chi connectivity index (χ3n) is 5.91. The van der Waals surface area contributed by atoms with Gasteiger partial charge in [-0.1, -0.05) is 43.2 Å². The summed E-state index contributed by atoms with van der Waals surface area (Å²) in [7, 11) is 0. The molecule has 1 saturated heterocycles. The number of carbonyl (C=O) groups is 4. The SMILES string of the molecule is CC(OC(=O)CN1C(=O)C2CCCCC2C1=O)C(=O)Nc1ccc2ccccc2c1. The summed E-state index contributed by atoms with van der Waals surface area (Å²) < 4.78 is 5.19. The van der Waals surface area contributed by atoms with Crippen molar-refractivity contribution in [2.45, 2.75) is 38.7 Å². The zero-order chi connectivity index (χ0) is 21.3. The van der Waals surface area contributed by atoms with Crippen molar-refractivity contribution >= 4 is 40.2 Å². The summed E-state index contributed by atoms with van der Waals surface area (Å²) in [6, 6.07) is 13.3. The third kappa shape index (κ3) is 3.92. The second kappa shape index (κ2) is 8.26. The van der Waals surface area contributed by atoms with Crippen LogP contribution >= 0.6 is 0 Å². The van der Waals surface area contributed by atoms with E-state index in [1.165, 1.54) is 6.92 Å². The summed E-state index contributed by atoms with van der Waals surface area (Å²) in [5.41, 5.74) is 0.593. The molecule has 1 saturated carbocycles. The molecular formula is C23H24N2O5. The van der Waals surface area contributed by atoms with Crippen LogP contribution in [0.15, 0.2) is 42.5 Å². The number of amides is 3. The zero-order valence-corrected chi connectivity index (χ0v) is 16.8. The number of fused-ring (bicyclic) bond motifs is 2. The number of carbonyl (C=O) groups excluding carboxylic acids is 4. The lowest BCUT2D eigenvalue weighted by Gasteiger charge is -2.19. The summed E-state index contributed by atoms with van der Waals surface area (Å²) in [4.78, 5) is 50.6. The van der Waals surface area contributed by atoms with Crippen molar-refractivity contribution in [3.8, 4) is 0 Å². The maximum atomic E-state index is 12.5. The molecule has 2 aromatic rings. The summed E-state index contributed by atoms with van der Waals surface area (Å²) in [6.07, 6.45) is 2.16. The topological polar surface area (TPSA) is 92.8 Å². The molecule has 3 amide bonds. The first-order valence-corrected chi connectivity index (χ1v) is 10.3. The second-order valence-corrected chi connectivity index (χ2v) is 7.94. The Morgan fingerprint density at radius 3 is 2.33 bits per heavy atom. The Kier molecular flexibility index (Phi) is 5.53. The highest BCUT2D eigenvalue weighted by Gasteiger charge is 2.48. The van der Waals surface area contributed by atoms with Gasteiger partial charge < -0.3 is 10.1 Å². The van der Waals surface area contributed by atoms with Crippen molar-refractivity contribution in [2.24, 2.45) is 11.8 Å². The third-order valence-corrected chi connectivity index (χ3v) is 5.91. The molecule has 3 atom stereocenters. The molecule has 1 heterocycles. The molecule has 1 aliphatic heterocycles. The number of hydrogen-bond acceptors (Lipinski definition) is 5. The molecule has 2 aromatic carbocycles. The van der Waals surface area contributed by atoms with Gasteiger partial charge in [0.25, 0.3) is 5.91 Å². The van der Waals surface area contributed by atoms with E-state index in [4.69, 9.17) is 4.74 Å². The predicted molar refractivity (Wildman–Crippen MR) is 110 cm³/mol. The number of benzene rings is 2. The van der Waals surface area contributed by atoms with Gasteiger partial charge in [-0.15, -0.1) is 0 Å². The highest BCUT2D eigenvalue weighted by Crippen LogP contribution is 2.37. The number of hydrogen-bond donors (Lipinski definition) is 1. The van der Waals surface area contributed by atoms with Crippen LogP contribution in [0.4, 0.5) is 5.69 Å². The quantitative estimate of drug-likeness (QED) is 0.607. The van der Waals surface area contributed by atoms with Gasteiger partial charge in [-0.05, 0) is 42.7 Å². The van der Waals surface area contributed by atoms with E-state index in [1.54, 1.807) is 6.07 Å². The predicted octanol–water partition coefficient (Wildman–Crippen LogP) is 2.89. The number of ether oxygens (including phenoxy) is 1. The van der Waals surface area contributed by atoms with Crippen LogP contribution in [-0.4, -0.2) is 41.2 Å². The minimum absolute atomic E-state index is 0.296. The molecule has 30 heavy (non-hydrogen) atoms. The first-order valence-electron chi connectivity index (χ1n) is 10.3. The lowest BCUT2D eigenvalue weighted by Crippen LogP contribution is -2.39. The molecular weight excluding hydrogens is 384 g/mol. The van der Waals surface area contributed by atoms with Crippen LogP contribution in [0.2, 0.25) is 0 Å². The van der Waals surface area contributed by atoms with Crippen LogP contribution in [0.1, 0.15) is 32.6 Å². The monoisotopic (exact) mass is 408 g/mol. The van der Waals surface area contributed by atoms with Crippen LogP contribution in [0.5, 0.6) is 0 Å². The maximum Gasteiger partial charge on any atom is 0.326 e. The Hall–Kier alpha value is -3.22. The van der Waals surface area contributed by atoms with Gasteiger partial charge in [-0.2, -0.15) is 0 Å². The Morgan fingerprint density at radius 2 is 1.67 bits per heavy atom. The molecule has 0 radical (unpaired) electrons. The first kappa shape index (κ1) is 20.1. The number of esters is 1. The van der Waals surface area contributed by atoms with Crippen molar-refractivity contribution < 1.29 is 23.9 Å². The van der Waals surface area contributed by atoms with E-state index < -0.39 is 24.5 Å². The summed E-state index contributed by atoms with van der Waals surface area (Å²) in [6.45, 7) is 1.01. The second-order valence-electron chi connectivity index (χ2n) is 7.94. The van der Waals surface area contributed by atoms with Crippen molar-refractivity contribution in [2.75, 3.05) is 11.9 Å². The molecule has 2 fully saturated rings. The number of imide groups is 1. The largest absolute Gasteiger partial charge is 0.451 e. The van der Waals surface area contributed by atoms with Gasteiger partial charge in [0.05, 0.1) is 11.8 Å². The fourth-order valence-corrected chi connectivity index (χ4v) is 4.31. The van der Waals surface area contributed by atoms with Crippen LogP contribution in [-0.2, 0) is 23.9 Å². The highest BCUT2D eigenvalue weighted by molar-refractivity contribution is 6.07. The molecule has 1 aliphatic carbocycles. The Morgan fingerprint density at radius 1 is 1.03 bits per heavy atom. The fraction of sp³-hybridized carbons (Fsp3) is 0.391. The number of nitrogens with one attached hydrogen (secondary N) is 1. The molecule has 1 N–H and O–H groups in total. The van der Waals surface area contributed by atoms with Crippen LogP contribution < -0.4 is 5.32 Å². The average molecular weight is 408 g/mol. The fourth-order valence-electron chi connectivity index (χ4n) is 4.31. The molecule has 3 unspecified atom stereocenters. The Balaban J connectivity index is 1.34. The summed E-state index contributed by atoms with van der Waals surface area (Å²) in [5.74, 6) is -2.46. The molecule has 0 aromatic heterocycles. The standard InChI is InChI=1S/C23H24N2O5/c1-14(21(27)24-17-11-10-15-6-2-3-7-16(15)12-17)30-20(26)13-25-22(28)18-8-4-5-9-19(18)23(25)29/h2-3,6-7,10-12,14,18-19H,4-5,8-9,13H2,1H3,(H,24,27). The lowest BCUT2D eigenvalue weighted by molar-refractivity contribution is -0.158. The molecule has 2 aliphatic rings. The van der Waals surface area contributed by atoms with Gasteiger partial charge in [0.15, 0.2) is 6.10 Å². The smallest absolute Gasteiger partial charge is 0.326 e. The van der Waals surface area contributed by atoms with Gasteiger partial charge in [0.2, 0.25) is 11.8 Å². The number of nitrogens with zero attached hydrogens (tertiary/aromatic N) is 1. The highest BCUT2D eigenvalue weighted by atomic mass is 16.5. The van der Waals surface area contributed by atoms with E-state index in [0.717, 1.165) is 28.5 Å². The normalized spacial score (nSPS) is 22.0. The first-order chi connectivity index (χ1) is 14.4. The maximum absolute atomic E-state index is 12.5. The van der Waals surface area contributed by atoms with E-state index in [9.17, 15) is 19.2 Å². The van der Waals surface area contributed by atoms with E-state index >= 15 is 0 Å². The molecule has 156 valence electrons. The van der Waals surface area contributed by atoms with Gasteiger partial charge in [0, 0.05) is 5.69 Å². The molecule has 7 nitrogen and oxygen atoms in total. The van der Waals surface area contributed by atoms with Crippen molar-refractivity contribution in [3.63, 3.8) is 0 Å². The van der Waals surface area contributed by atoms with Gasteiger partial charge >= 0.3 is 5.97 Å². The van der Waals surface area contributed by atoms with Crippen molar-refractivity contribution in [1.29, 1.82) is 0 Å². The van der Waals surface area contributed by atoms with E-state index in [-0.39, 0.29) is 23.7 Å². The van der Waals surface area contributed by atoms with E-state index in [0.29, 0.717) is 18.5 Å². The van der Waals surface area contributed by atoms with Gasteiger partial charge in [-0.25, -0.2) is 0 Å². The number of anilines is 1. The minimum atomic E-state index is -1.06. The Labute approximate surface area is 174 Å². The average Bonchev–Trinajstić information content (AvgIpc) is 2.98. The lowest BCUT2D eigenvalue weighted by atomic mass is 9.81. The number of likely N-dealkylation sites (tertiary alicyclic amines) is 1. The molecule has 0 bridgehead atoms. The van der Waals surface area contributed by atoms with Crippen LogP contribution in [0.3, 0.4) is 0 Å². The molecule has 0 spiro atoms. The van der Waals surface area contributed by atoms with Crippen LogP contribution in [0, 0.1) is 11.8 Å². The van der Waals surface area contributed by atoms with E-state index in [2.05, 4.69) is 5.32 Å². The van der Waals surface area contributed by atoms with Crippen molar-refractivity contribution in [3.05, 3.63) is 42.5 Å². The van der Waals surface area contributed by atoms with Crippen molar-refractivity contribution in [1.82, 2.24) is 4.90 Å². The summed E-state index contributed by atoms with van der Waals surface area (Å²) >= 11 is 0. The number of rotatable bonds is 5. The summed E-state index contributed by atoms with van der Waals surface area (Å²) in [5, 5.41) is 4.76. The van der Waals surface area contributed by atoms with E-state index in [1.807, 2.05) is 36.4 Å². The van der Waals surface area contributed by atoms with Crippen LogP contribution in [0.25, 0.3) is 10.8 Å².